The molecule has 3 rings (SSSR count). The van der Waals surface area contributed by atoms with E-state index < -0.39 is 6.04 Å². The molecule has 0 radical (unpaired) electrons. The fourth-order valence-electron chi connectivity index (χ4n) is 4.12. The molecule has 1 N–H and O–H groups in total. The second-order valence-electron chi connectivity index (χ2n) is 8.64. The van der Waals surface area contributed by atoms with E-state index in [4.69, 9.17) is 0 Å². The number of carbonyl (C=O) groups excluding carboxylic acids is 2. The maximum atomic E-state index is 13.2. The van der Waals surface area contributed by atoms with Crippen LogP contribution in [0.4, 0.5) is 0 Å². The minimum absolute atomic E-state index is 0.0194. The van der Waals surface area contributed by atoms with Crippen LogP contribution in [0, 0.1) is 12.8 Å². The smallest absolute Gasteiger partial charge is 0.251 e. The molecule has 1 atom stereocenters. The van der Waals surface area contributed by atoms with Crippen molar-refractivity contribution in [3.8, 4) is 0 Å². The summed E-state index contributed by atoms with van der Waals surface area (Å²) in [7, 11) is 0. The molecule has 1 aliphatic rings. The van der Waals surface area contributed by atoms with Gasteiger partial charge in [-0.3, -0.25) is 14.3 Å². The SMILES string of the molecule is CCCn1nccc1C1CCN(C(=O)[C@@H](NC(=O)c2ccc(C)cc2)C(C)C)CC1. The molecule has 6 heteroatoms. The van der Waals surface area contributed by atoms with Crippen LogP contribution >= 0.6 is 0 Å². The number of rotatable bonds is 7. The van der Waals surface area contributed by atoms with E-state index in [9.17, 15) is 9.59 Å². The molecule has 162 valence electrons. The number of aryl methyl sites for hydroxylation is 2. The largest absolute Gasteiger partial charge is 0.341 e. The number of carbonyl (C=O) groups is 2. The van der Waals surface area contributed by atoms with Gasteiger partial charge in [0.25, 0.3) is 5.91 Å². The average Bonchev–Trinajstić information content (AvgIpc) is 3.20. The molecule has 0 aliphatic carbocycles. The first kappa shape index (κ1) is 22.1. The van der Waals surface area contributed by atoms with Crippen LogP contribution in [0.15, 0.2) is 36.5 Å². The highest BCUT2D eigenvalue weighted by Gasteiger charge is 2.32. The summed E-state index contributed by atoms with van der Waals surface area (Å²) in [6.45, 7) is 10.5. The molecule has 1 aromatic heterocycles. The number of hydrogen-bond acceptors (Lipinski definition) is 3. The first-order valence-electron chi connectivity index (χ1n) is 11.1. The van der Waals surface area contributed by atoms with Crippen LogP contribution < -0.4 is 5.32 Å². The highest BCUT2D eigenvalue weighted by molar-refractivity contribution is 5.97. The van der Waals surface area contributed by atoms with Crippen LogP contribution in [0.25, 0.3) is 0 Å². The summed E-state index contributed by atoms with van der Waals surface area (Å²) in [5, 5.41) is 7.41. The summed E-state index contributed by atoms with van der Waals surface area (Å²) in [5.74, 6) is 0.282. The van der Waals surface area contributed by atoms with Crippen LogP contribution in [0.3, 0.4) is 0 Å². The van der Waals surface area contributed by atoms with E-state index in [1.165, 1.54) is 5.69 Å². The summed E-state index contributed by atoms with van der Waals surface area (Å²) in [5.41, 5.74) is 2.96. The van der Waals surface area contributed by atoms with Gasteiger partial charge in [0, 0.05) is 43.0 Å². The van der Waals surface area contributed by atoms with Gasteiger partial charge in [0.05, 0.1) is 0 Å². The Morgan fingerprint density at radius 1 is 1.13 bits per heavy atom. The lowest BCUT2D eigenvalue weighted by Crippen LogP contribution is -2.52. The fraction of sp³-hybridized carbons (Fsp3) is 0.542. The molecule has 0 spiro atoms. The van der Waals surface area contributed by atoms with E-state index >= 15 is 0 Å². The number of nitrogens with zero attached hydrogens (tertiary/aromatic N) is 3. The minimum Gasteiger partial charge on any atom is -0.341 e. The predicted octanol–water partition coefficient (Wildman–Crippen LogP) is 3.76. The lowest BCUT2D eigenvalue weighted by molar-refractivity contribution is -0.135. The van der Waals surface area contributed by atoms with Crippen molar-refractivity contribution < 1.29 is 9.59 Å². The Morgan fingerprint density at radius 2 is 1.80 bits per heavy atom. The van der Waals surface area contributed by atoms with Gasteiger partial charge in [-0.25, -0.2) is 0 Å². The van der Waals surface area contributed by atoms with Gasteiger partial charge in [-0.15, -0.1) is 0 Å². The molecule has 2 amide bonds. The van der Waals surface area contributed by atoms with Gasteiger partial charge in [-0.1, -0.05) is 38.5 Å². The van der Waals surface area contributed by atoms with Crippen LogP contribution in [0.5, 0.6) is 0 Å². The molecule has 2 aromatic rings. The molecule has 2 heterocycles. The number of aromatic nitrogens is 2. The van der Waals surface area contributed by atoms with Crippen molar-refractivity contribution in [2.24, 2.45) is 5.92 Å². The number of nitrogens with one attached hydrogen (secondary N) is 1. The van der Waals surface area contributed by atoms with E-state index in [-0.39, 0.29) is 17.7 Å². The van der Waals surface area contributed by atoms with Crippen molar-refractivity contribution in [1.82, 2.24) is 20.0 Å². The van der Waals surface area contributed by atoms with Crippen LogP contribution in [-0.4, -0.2) is 45.6 Å². The molecule has 0 unspecified atom stereocenters. The van der Waals surface area contributed by atoms with Crippen molar-refractivity contribution in [2.75, 3.05) is 13.1 Å². The Labute approximate surface area is 179 Å². The van der Waals surface area contributed by atoms with Crippen LogP contribution in [0.2, 0.25) is 0 Å². The maximum Gasteiger partial charge on any atom is 0.251 e. The van der Waals surface area contributed by atoms with Gasteiger partial charge in [-0.05, 0) is 50.3 Å². The zero-order valence-corrected chi connectivity index (χ0v) is 18.6. The third kappa shape index (κ3) is 5.10. The minimum atomic E-state index is -0.513. The van der Waals surface area contributed by atoms with Crippen molar-refractivity contribution >= 4 is 11.8 Å². The maximum absolute atomic E-state index is 13.2. The monoisotopic (exact) mass is 410 g/mol. The topological polar surface area (TPSA) is 67.2 Å². The number of piperidine rings is 1. The quantitative estimate of drug-likeness (QED) is 0.756. The molecular formula is C24H34N4O2. The molecule has 0 bridgehead atoms. The molecule has 1 fully saturated rings. The van der Waals surface area contributed by atoms with Gasteiger partial charge in [0.1, 0.15) is 6.04 Å². The van der Waals surface area contributed by atoms with Gasteiger partial charge in [0.2, 0.25) is 5.91 Å². The first-order valence-corrected chi connectivity index (χ1v) is 11.1. The summed E-state index contributed by atoms with van der Waals surface area (Å²) in [4.78, 5) is 27.8. The third-order valence-electron chi connectivity index (χ3n) is 5.94. The summed E-state index contributed by atoms with van der Waals surface area (Å²) in [6, 6.07) is 9.02. The molecule has 0 saturated carbocycles. The molecule has 1 aromatic carbocycles. The van der Waals surface area contributed by atoms with E-state index in [1.807, 2.05) is 44.0 Å². The zero-order valence-electron chi connectivity index (χ0n) is 18.6. The highest BCUT2D eigenvalue weighted by atomic mass is 16.2. The number of amides is 2. The van der Waals surface area contributed by atoms with E-state index in [1.54, 1.807) is 12.1 Å². The average molecular weight is 411 g/mol. The van der Waals surface area contributed by atoms with Gasteiger partial charge in [-0.2, -0.15) is 5.10 Å². The molecule has 1 aliphatic heterocycles. The normalized spacial score (nSPS) is 16.0. The van der Waals surface area contributed by atoms with E-state index in [0.717, 1.165) is 31.4 Å². The standard InChI is InChI=1S/C24H34N4O2/c1-5-14-28-21(10-13-25-28)19-11-15-27(16-12-19)24(30)22(17(2)3)26-23(29)20-8-6-18(4)7-9-20/h6-10,13,17,19,22H,5,11-12,14-16H2,1-4H3,(H,26,29)/t22-/m0/s1. The molecule has 6 nitrogen and oxygen atoms in total. The highest BCUT2D eigenvalue weighted by Crippen LogP contribution is 2.28. The number of hydrogen-bond donors (Lipinski definition) is 1. The fourth-order valence-corrected chi connectivity index (χ4v) is 4.12. The Kier molecular flexibility index (Phi) is 7.29. The Balaban J connectivity index is 1.62. The summed E-state index contributed by atoms with van der Waals surface area (Å²) >= 11 is 0. The Morgan fingerprint density at radius 3 is 2.40 bits per heavy atom. The Bertz CT molecular complexity index is 848. The van der Waals surface area contributed by atoms with Crippen LogP contribution in [-0.2, 0) is 11.3 Å². The number of likely N-dealkylation sites (tertiary alicyclic amines) is 1. The molecular weight excluding hydrogens is 376 g/mol. The summed E-state index contributed by atoms with van der Waals surface area (Å²) in [6.07, 6.45) is 4.79. The van der Waals surface area contributed by atoms with Crippen molar-refractivity contribution in [2.45, 2.75) is 65.5 Å². The summed E-state index contributed by atoms with van der Waals surface area (Å²) < 4.78 is 2.10. The van der Waals surface area contributed by atoms with E-state index in [0.29, 0.717) is 24.6 Å². The molecule has 1 saturated heterocycles. The first-order chi connectivity index (χ1) is 14.4. The molecule has 30 heavy (non-hydrogen) atoms. The second kappa shape index (κ2) is 9.92. The van der Waals surface area contributed by atoms with Gasteiger partial charge < -0.3 is 10.2 Å². The van der Waals surface area contributed by atoms with Crippen LogP contribution in [0.1, 0.15) is 67.6 Å². The zero-order chi connectivity index (χ0) is 21.7. The Hall–Kier alpha value is -2.63. The van der Waals surface area contributed by atoms with E-state index in [2.05, 4.69) is 28.1 Å². The lowest BCUT2D eigenvalue weighted by atomic mass is 9.92. The number of benzene rings is 1. The van der Waals surface area contributed by atoms with Gasteiger partial charge >= 0.3 is 0 Å². The van der Waals surface area contributed by atoms with Gasteiger partial charge in [0.15, 0.2) is 0 Å². The van der Waals surface area contributed by atoms with Crippen molar-refractivity contribution in [3.05, 3.63) is 53.3 Å². The second-order valence-corrected chi connectivity index (χ2v) is 8.64. The third-order valence-corrected chi connectivity index (χ3v) is 5.94. The predicted molar refractivity (Wildman–Crippen MR) is 118 cm³/mol. The van der Waals surface area contributed by atoms with Crippen molar-refractivity contribution in [3.63, 3.8) is 0 Å². The van der Waals surface area contributed by atoms with Crippen molar-refractivity contribution in [1.29, 1.82) is 0 Å². The lowest BCUT2D eigenvalue weighted by Gasteiger charge is -2.35.